The number of carbonyl (C=O) groups is 1. The van der Waals surface area contributed by atoms with Gasteiger partial charge in [-0.05, 0) is 42.3 Å². The number of hydrogen-bond donors (Lipinski definition) is 0. The SMILES string of the molecule is CCCOc1ccc(/C=C2/N=C(c3ccccc3)OC2=O)cc1. The molecule has 4 nitrogen and oxygen atoms in total. The topological polar surface area (TPSA) is 47.9 Å². The normalized spacial score (nSPS) is 15.4. The van der Waals surface area contributed by atoms with Crippen LogP contribution < -0.4 is 4.74 Å². The average Bonchev–Trinajstić information content (AvgIpc) is 2.96. The molecule has 0 bridgehead atoms. The maximum atomic E-state index is 11.9. The molecule has 0 aromatic heterocycles. The molecule has 116 valence electrons. The lowest BCUT2D eigenvalue weighted by atomic mass is 10.2. The van der Waals surface area contributed by atoms with Crippen LogP contribution in [0, 0.1) is 0 Å². The highest BCUT2D eigenvalue weighted by Crippen LogP contribution is 2.20. The van der Waals surface area contributed by atoms with Crippen LogP contribution in [0.1, 0.15) is 24.5 Å². The third-order valence-electron chi connectivity index (χ3n) is 3.30. The predicted octanol–water partition coefficient (Wildman–Crippen LogP) is 3.82. The van der Waals surface area contributed by atoms with E-state index in [4.69, 9.17) is 9.47 Å². The Morgan fingerprint density at radius 3 is 2.52 bits per heavy atom. The molecule has 0 aliphatic carbocycles. The molecule has 0 spiro atoms. The van der Waals surface area contributed by atoms with E-state index in [1.165, 1.54) is 0 Å². The molecule has 0 fully saturated rings. The number of hydrogen-bond acceptors (Lipinski definition) is 4. The Balaban J connectivity index is 1.79. The van der Waals surface area contributed by atoms with Gasteiger partial charge in [0, 0.05) is 5.56 Å². The molecule has 0 radical (unpaired) electrons. The largest absolute Gasteiger partial charge is 0.494 e. The van der Waals surface area contributed by atoms with Crippen molar-refractivity contribution in [1.29, 1.82) is 0 Å². The zero-order chi connectivity index (χ0) is 16.1. The summed E-state index contributed by atoms with van der Waals surface area (Å²) in [5.41, 5.74) is 1.96. The van der Waals surface area contributed by atoms with Crippen molar-refractivity contribution in [2.24, 2.45) is 4.99 Å². The van der Waals surface area contributed by atoms with Crippen LogP contribution in [-0.2, 0) is 9.53 Å². The van der Waals surface area contributed by atoms with Crippen LogP contribution in [-0.4, -0.2) is 18.5 Å². The summed E-state index contributed by atoms with van der Waals surface area (Å²) in [4.78, 5) is 16.2. The molecule has 1 aliphatic rings. The van der Waals surface area contributed by atoms with E-state index in [0.717, 1.165) is 23.3 Å². The Morgan fingerprint density at radius 1 is 1.09 bits per heavy atom. The molecule has 2 aromatic carbocycles. The van der Waals surface area contributed by atoms with E-state index in [1.54, 1.807) is 6.08 Å². The number of nitrogens with zero attached hydrogens (tertiary/aromatic N) is 1. The van der Waals surface area contributed by atoms with E-state index in [2.05, 4.69) is 11.9 Å². The van der Waals surface area contributed by atoms with Gasteiger partial charge in [-0.15, -0.1) is 0 Å². The van der Waals surface area contributed by atoms with Gasteiger partial charge in [0.25, 0.3) is 0 Å². The number of carbonyl (C=O) groups excluding carboxylic acids is 1. The number of benzene rings is 2. The first-order valence-corrected chi connectivity index (χ1v) is 7.57. The summed E-state index contributed by atoms with van der Waals surface area (Å²) in [5, 5.41) is 0. The lowest BCUT2D eigenvalue weighted by Gasteiger charge is -2.04. The zero-order valence-electron chi connectivity index (χ0n) is 12.9. The van der Waals surface area contributed by atoms with Crippen molar-refractivity contribution in [3.05, 3.63) is 71.4 Å². The number of rotatable bonds is 5. The number of ether oxygens (including phenoxy) is 2. The molecule has 0 saturated carbocycles. The van der Waals surface area contributed by atoms with Gasteiger partial charge in [0.15, 0.2) is 5.70 Å². The number of esters is 1. The maximum Gasteiger partial charge on any atom is 0.363 e. The third kappa shape index (κ3) is 3.66. The first kappa shape index (κ1) is 15.0. The van der Waals surface area contributed by atoms with Crippen molar-refractivity contribution in [3.8, 4) is 5.75 Å². The van der Waals surface area contributed by atoms with E-state index in [9.17, 15) is 4.79 Å². The zero-order valence-corrected chi connectivity index (χ0v) is 12.9. The van der Waals surface area contributed by atoms with Crippen LogP contribution in [0.3, 0.4) is 0 Å². The van der Waals surface area contributed by atoms with Crippen LogP contribution >= 0.6 is 0 Å². The molecule has 4 heteroatoms. The summed E-state index contributed by atoms with van der Waals surface area (Å²) in [6.07, 6.45) is 2.68. The fraction of sp³-hybridized carbons (Fsp3) is 0.158. The van der Waals surface area contributed by atoms with Gasteiger partial charge in [-0.1, -0.05) is 37.3 Å². The first-order valence-electron chi connectivity index (χ1n) is 7.57. The van der Waals surface area contributed by atoms with E-state index >= 15 is 0 Å². The van der Waals surface area contributed by atoms with Crippen molar-refractivity contribution in [2.75, 3.05) is 6.61 Å². The van der Waals surface area contributed by atoms with Crippen molar-refractivity contribution in [2.45, 2.75) is 13.3 Å². The number of cyclic esters (lactones) is 1. The Labute approximate surface area is 135 Å². The smallest absolute Gasteiger partial charge is 0.363 e. The molecule has 1 aliphatic heterocycles. The predicted molar refractivity (Wildman–Crippen MR) is 89.3 cm³/mol. The molecule has 0 atom stereocenters. The molecule has 0 unspecified atom stereocenters. The molecule has 3 rings (SSSR count). The minimum Gasteiger partial charge on any atom is -0.494 e. The third-order valence-corrected chi connectivity index (χ3v) is 3.30. The second-order valence-electron chi connectivity index (χ2n) is 5.12. The van der Waals surface area contributed by atoms with E-state index in [1.807, 2.05) is 54.6 Å². The van der Waals surface area contributed by atoms with E-state index in [0.29, 0.717) is 18.2 Å². The summed E-state index contributed by atoms with van der Waals surface area (Å²) in [6, 6.07) is 16.9. The summed E-state index contributed by atoms with van der Waals surface area (Å²) >= 11 is 0. The van der Waals surface area contributed by atoms with Gasteiger partial charge in [-0.2, -0.15) is 0 Å². The highest BCUT2D eigenvalue weighted by Gasteiger charge is 2.23. The van der Waals surface area contributed by atoms with Crippen molar-refractivity contribution < 1.29 is 14.3 Å². The fourth-order valence-electron chi connectivity index (χ4n) is 2.15. The first-order chi connectivity index (χ1) is 11.3. The Hall–Kier alpha value is -2.88. The fourth-order valence-corrected chi connectivity index (χ4v) is 2.15. The van der Waals surface area contributed by atoms with Gasteiger partial charge in [0.05, 0.1) is 6.61 Å². The van der Waals surface area contributed by atoms with Crippen LogP contribution in [0.15, 0.2) is 65.3 Å². The Bertz CT molecular complexity index is 746. The molecular weight excluding hydrogens is 290 g/mol. The van der Waals surface area contributed by atoms with Gasteiger partial charge < -0.3 is 9.47 Å². The maximum absolute atomic E-state index is 11.9. The average molecular weight is 307 g/mol. The second-order valence-corrected chi connectivity index (χ2v) is 5.12. The molecule has 0 amide bonds. The molecule has 23 heavy (non-hydrogen) atoms. The van der Waals surface area contributed by atoms with Crippen molar-refractivity contribution in [1.82, 2.24) is 0 Å². The molecule has 1 heterocycles. The van der Waals surface area contributed by atoms with Crippen LogP contribution in [0.25, 0.3) is 6.08 Å². The lowest BCUT2D eigenvalue weighted by molar-refractivity contribution is -0.129. The second kappa shape index (κ2) is 6.92. The van der Waals surface area contributed by atoms with Crippen molar-refractivity contribution in [3.63, 3.8) is 0 Å². The Morgan fingerprint density at radius 2 is 1.83 bits per heavy atom. The van der Waals surface area contributed by atoms with Gasteiger partial charge in [0.2, 0.25) is 5.90 Å². The van der Waals surface area contributed by atoms with Crippen LogP contribution in [0.2, 0.25) is 0 Å². The lowest BCUT2D eigenvalue weighted by Crippen LogP contribution is -2.04. The number of aliphatic imine (C=N–C) groups is 1. The van der Waals surface area contributed by atoms with Crippen molar-refractivity contribution >= 4 is 17.9 Å². The van der Waals surface area contributed by atoms with Gasteiger partial charge in [-0.3, -0.25) is 0 Å². The standard InChI is InChI=1S/C19H17NO3/c1-2-12-22-16-10-8-14(9-11-16)13-17-19(21)23-18(20-17)15-6-4-3-5-7-15/h3-11,13H,2,12H2,1H3/b17-13+. The Kier molecular flexibility index (Phi) is 4.52. The quantitative estimate of drug-likeness (QED) is 0.623. The molecular formula is C19H17NO3. The summed E-state index contributed by atoms with van der Waals surface area (Å²) in [7, 11) is 0. The molecule has 0 N–H and O–H groups in total. The van der Waals surface area contributed by atoms with E-state index < -0.39 is 5.97 Å². The van der Waals surface area contributed by atoms with Gasteiger partial charge in [0.1, 0.15) is 5.75 Å². The molecule has 0 saturated heterocycles. The summed E-state index contributed by atoms with van der Waals surface area (Å²) < 4.78 is 10.8. The summed E-state index contributed by atoms with van der Waals surface area (Å²) in [5.74, 6) is 0.719. The van der Waals surface area contributed by atoms with Crippen LogP contribution in [0.5, 0.6) is 5.75 Å². The van der Waals surface area contributed by atoms with Gasteiger partial charge in [-0.25, -0.2) is 9.79 Å². The minimum atomic E-state index is -0.435. The van der Waals surface area contributed by atoms with Crippen LogP contribution in [0.4, 0.5) is 0 Å². The highest BCUT2D eigenvalue weighted by atomic mass is 16.6. The summed E-state index contributed by atoms with van der Waals surface area (Å²) in [6.45, 7) is 2.75. The van der Waals surface area contributed by atoms with E-state index in [-0.39, 0.29) is 0 Å². The van der Waals surface area contributed by atoms with Gasteiger partial charge >= 0.3 is 5.97 Å². The minimum absolute atomic E-state index is 0.297. The monoisotopic (exact) mass is 307 g/mol. The molecule has 2 aromatic rings. The highest BCUT2D eigenvalue weighted by molar-refractivity contribution is 6.12.